The molecule has 2 rings (SSSR count). The fourth-order valence-electron chi connectivity index (χ4n) is 2.97. The number of ether oxygens (including phenoxy) is 2. The summed E-state index contributed by atoms with van der Waals surface area (Å²) in [5.74, 6) is -0.432. The highest BCUT2D eigenvalue weighted by atomic mass is 16.5. The first-order valence-electron chi connectivity index (χ1n) is 8.90. The van der Waals surface area contributed by atoms with Gasteiger partial charge in [0.25, 0.3) is 0 Å². The smallest absolute Gasteiger partial charge is 0.317 e. The maximum Gasteiger partial charge on any atom is 0.317 e. The SMILES string of the molecule is CCOC(=O)CCC(=O)NC1CCC(Oc2nc(C)cc(C)n2)CC1. The van der Waals surface area contributed by atoms with Crippen LogP contribution in [0, 0.1) is 13.8 Å². The number of nitrogens with zero attached hydrogens (tertiary/aromatic N) is 2. The molecular weight excluding hydrogens is 322 g/mol. The molecule has 1 aromatic rings. The molecule has 1 fully saturated rings. The first-order chi connectivity index (χ1) is 12.0. The molecule has 1 amide bonds. The minimum atomic E-state index is -0.330. The Kier molecular flexibility index (Phi) is 7.16. The molecule has 0 spiro atoms. The fraction of sp³-hybridized carbons (Fsp3) is 0.667. The molecular formula is C18H27N3O4. The van der Waals surface area contributed by atoms with Crippen molar-refractivity contribution in [2.75, 3.05) is 6.61 Å². The van der Waals surface area contributed by atoms with Crippen molar-refractivity contribution < 1.29 is 19.1 Å². The second-order valence-electron chi connectivity index (χ2n) is 6.40. The molecule has 1 N–H and O–H groups in total. The van der Waals surface area contributed by atoms with Gasteiger partial charge < -0.3 is 14.8 Å². The van der Waals surface area contributed by atoms with Crippen molar-refractivity contribution in [1.82, 2.24) is 15.3 Å². The molecule has 7 nitrogen and oxygen atoms in total. The van der Waals surface area contributed by atoms with Gasteiger partial charge in [-0.15, -0.1) is 0 Å². The third-order valence-corrected chi connectivity index (χ3v) is 4.13. The van der Waals surface area contributed by atoms with E-state index < -0.39 is 0 Å². The number of rotatable bonds is 7. The molecule has 0 aliphatic heterocycles. The van der Waals surface area contributed by atoms with E-state index in [4.69, 9.17) is 9.47 Å². The zero-order chi connectivity index (χ0) is 18.2. The average Bonchev–Trinajstić information content (AvgIpc) is 2.54. The Hall–Kier alpha value is -2.18. The van der Waals surface area contributed by atoms with Crippen molar-refractivity contribution in [3.05, 3.63) is 17.5 Å². The predicted molar refractivity (Wildman–Crippen MR) is 92.2 cm³/mol. The van der Waals surface area contributed by atoms with E-state index >= 15 is 0 Å². The number of carbonyl (C=O) groups is 2. The summed E-state index contributed by atoms with van der Waals surface area (Å²) < 4.78 is 10.7. The molecule has 1 aromatic heterocycles. The first-order valence-corrected chi connectivity index (χ1v) is 8.90. The van der Waals surface area contributed by atoms with Crippen LogP contribution in [0.25, 0.3) is 0 Å². The van der Waals surface area contributed by atoms with E-state index in [0.717, 1.165) is 37.1 Å². The Bertz CT molecular complexity index is 578. The number of aromatic nitrogens is 2. The monoisotopic (exact) mass is 349 g/mol. The Morgan fingerprint density at radius 3 is 2.36 bits per heavy atom. The van der Waals surface area contributed by atoms with Gasteiger partial charge in [0.1, 0.15) is 6.10 Å². The molecule has 0 unspecified atom stereocenters. The molecule has 25 heavy (non-hydrogen) atoms. The lowest BCUT2D eigenvalue weighted by molar-refractivity contribution is -0.144. The van der Waals surface area contributed by atoms with Gasteiger partial charge >= 0.3 is 12.0 Å². The number of esters is 1. The van der Waals surface area contributed by atoms with Crippen molar-refractivity contribution in [1.29, 1.82) is 0 Å². The Balaban J connectivity index is 1.70. The largest absolute Gasteiger partial charge is 0.466 e. The van der Waals surface area contributed by atoms with Crippen LogP contribution in [0.15, 0.2) is 6.07 Å². The molecule has 1 aliphatic carbocycles. The van der Waals surface area contributed by atoms with E-state index in [-0.39, 0.29) is 36.9 Å². The van der Waals surface area contributed by atoms with E-state index in [1.165, 1.54) is 0 Å². The molecule has 0 aromatic carbocycles. The lowest BCUT2D eigenvalue weighted by atomic mass is 9.93. The van der Waals surface area contributed by atoms with E-state index in [1.54, 1.807) is 6.92 Å². The van der Waals surface area contributed by atoms with Gasteiger partial charge in [-0.25, -0.2) is 9.97 Å². The molecule has 1 aliphatic rings. The van der Waals surface area contributed by atoms with E-state index in [9.17, 15) is 9.59 Å². The number of amides is 1. The second kappa shape index (κ2) is 9.34. The summed E-state index contributed by atoms with van der Waals surface area (Å²) in [6, 6.07) is 2.48. The summed E-state index contributed by atoms with van der Waals surface area (Å²) in [7, 11) is 0. The van der Waals surface area contributed by atoms with Crippen LogP contribution in [0.4, 0.5) is 0 Å². The van der Waals surface area contributed by atoms with Crippen LogP contribution >= 0.6 is 0 Å². The molecule has 0 radical (unpaired) electrons. The van der Waals surface area contributed by atoms with Crippen LogP contribution in [-0.2, 0) is 14.3 Å². The summed E-state index contributed by atoms with van der Waals surface area (Å²) in [5, 5.41) is 2.99. The summed E-state index contributed by atoms with van der Waals surface area (Å²) in [6.07, 6.45) is 3.77. The van der Waals surface area contributed by atoms with Gasteiger partial charge in [0.2, 0.25) is 5.91 Å². The van der Waals surface area contributed by atoms with Crippen molar-refractivity contribution in [2.24, 2.45) is 0 Å². The van der Waals surface area contributed by atoms with Crippen LogP contribution in [0.5, 0.6) is 6.01 Å². The number of hydrogen-bond acceptors (Lipinski definition) is 6. The van der Waals surface area contributed by atoms with Gasteiger partial charge in [-0.2, -0.15) is 0 Å². The Labute approximate surface area is 148 Å². The van der Waals surface area contributed by atoms with Crippen molar-refractivity contribution in [2.45, 2.75) is 71.4 Å². The lowest BCUT2D eigenvalue weighted by Crippen LogP contribution is -2.39. The summed E-state index contributed by atoms with van der Waals surface area (Å²) in [4.78, 5) is 31.8. The van der Waals surface area contributed by atoms with Crippen molar-refractivity contribution in [3.8, 4) is 6.01 Å². The standard InChI is InChI=1S/C18H27N3O4/c1-4-24-17(23)10-9-16(22)21-14-5-7-15(8-6-14)25-18-19-12(2)11-13(3)20-18/h11,14-15H,4-10H2,1-3H3,(H,21,22). The molecule has 0 bridgehead atoms. The minimum Gasteiger partial charge on any atom is -0.466 e. The highest BCUT2D eigenvalue weighted by Crippen LogP contribution is 2.22. The van der Waals surface area contributed by atoms with Gasteiger partial charge in [-0.05, 0) is 52.5 Å². The zero-order valence-corrected chi connectivity index (χ0v) is 15.2. The van der Waals surface area contributed by atoms with Gasteiger partial charge in [0.05, 0.1) is 13.0 Å². The van der Waals surface area contributed by atoms with E-state index in [1.807, 2.05) is 19.9 Å². The Morgan fingerprint density at radius 2 is 1.76 bits per heavy atom. The van der Waals surface area contributed by atoms with Crippen LogP contribution < -0.4 is 10.1 Å². The summed E-state index contributed by atoms with van der Waals surface area (Å²) in [6.45, 7) is 5.94. The molecule has 0 atom stereocenters. The summed E-state index contributed by atoms with van der Waals surface area (Å²) >= 11 is 0. The van der Waals surface area contributed by atoms with E-state index in [0.29, 0.717) is 12.6 Å². The van der Waals surface area contributed by atoms with Crippen molar-refractivity contribution >= 4 is 11.9 Å². The molecule has 1 saturated carbocycles. The molecule has 7 heteroatoms. The van der Waals surface area contributed by atoms with Crippen LogP contribution in [-0.4, -0.2) is 40.6 Å². The zero-order valence-electron chi connectivity index (χ0n) is 15.2. The highest BCUT2D eigenvalue weighted by Gasteiger charge is 2.24. The number of aryl methyl sites for hydroxylation is 2. The number of carbonyl (C=O) groups excluding carboxylic acids is 2. The normalized spacial score (nSPS) is 20.0. The third kappa shape index (κ3) is 6.68. The van der Waals surface area contributed by atoms with Gasteiger partial charge in [0.15, 0.2) is 0 Å². The topological polar surface area (TPSA) is 90.4 Å². The maximum atomic E-state index is 11.9. The fourth-order valence-corrected chi connectivity index (χ4v) is 2.97. The average molecular weight is 349 g/mol. The number of hydrogen-bond donors (Lipinski definition) is 1. The van der Waals surface area contributed by atoms with Gasteiger partial charge in [0, 0.05) is 23.9 Å². The number of nitrogens with one attached hydrogen (secondary N) is 1. The van der Waals surface area contributed by atoms with E-state index in [2.05, 4.69) is 15.3 Å². The molecule has 138 valence electrons. The maximum absolute atomic E-state index is 11.9. The third-order valence-electron chi connectivity index (χ3n) is 4.13. The highest BCUT2D eigenvalue weighted by molar-refractivity contribution is 5.81. The quantitative estimate of drug-likeness (QED) is 0.759. The summed E-state index contributed by atoms with van der Waals surface area (Å²) in [5.41, 5.74) is 1.79. The van der Waals surface area contributed by atoms with Crippen LogP contribution in [0.3, 0.4) is 0 Å². The first kappa shape index (κ1) is 19.1. The molecule has 0 saturated heterocycles. The van der Waals surface area contributed by atoms with Gasteiger partial charge in [-0.3, -0.25) is 9.59 Å². The lowest BCUT2D eigenvalue weighted by Gasteiger charge is -2.29. The second-order valence-corrected chi connectivity index (χ2v) is 6.40. The predicted octanol–water partition coefficient (Wildman–Crippen LogP) is 2.24. The van der Waals surface area contributed by atoms with Crippen LogP contribution in [0.2, 0.25) is 0 Å². The minimum absolute atomic E-state index is 0.0777. The van der Waals surface area contributed by atoms with Crippen LogP contribution in [0.1, 0.15) is 56.8 Å². The van der Waals surface area contributed by atoms with Gasteiger partial charge in [-0.1, -0.05) is 0 Å². The molecule has 1 heterocycles. The van der Waals surface area contributed by atoms with Crippen molar-refractivity contribution in [3.63, 3.8) is 0 Å². The Morgan fingerprint density at radius 1 is 1.12 bits per heavy atom.